The van der Waals surface area contributed by atoms with Gasteiger partial charge in [0.05, 0.1) is 23.8 Å². The van der Waals surface area contributed by atoms with E-state index in [9.17, 15) is 20.0 Å². The Kier molecular flexibility index (Phi) is 6.28. The Hall–Kier alpha value is -3.40. The first-order valence-electron chi connectivity index (χ1n) is 7.24. The van der Waals surface area contributed by atoms with Crippen LogP contribution < -0.4 is 20.1 Å². The SMILES string of the molecule is COc1ccccc1OCC(=O)NC(=S)Nc1ccc([N+](=O)[O-])cc1O. The minimum absolute atomic E-state index is 0.0946. The van der Waals surface area contributed by atoms with Gasteiger partial charge in [-0.05, 0) is 30.4 Å². The van der Waals surface area contributed by atoms with E-state index < -0.39 is 10.8 Å². The van der Waals surface area contributed by atoms with Gasteiger partial charge in [-0.15, -0.1) is 0 Å². The minimum atomic E-state index is -0.640. The van der Waals surface area contributed by atoms with E-state index in [-0.39, 0.29) is 28.8 Å². The van der Waals surface area contributed by atoms with Crippen LogP contribution >= 0.6 is 12.2 Å². The summed E-state index contributed by atoms with van der Waals surface area (Å²) in [6.07, 6.45) is 0. The van der Waals surface area contributed by atoms with Crippen LogP contribution in [0.4, 0.5) is 11.4 Å². The number of carbonyl (C=O) groups is 1. The lowest BCUT2D eigenvalue weighted by atomic mass is 10.2. The molecule has 2 aromatic rings. The highest BCUT2D eigenvalue weighted by molar-refractivity contribution is 7.80. The maximum absolute atomic E-state index is 11.9. The summed E-state index contributed by atoms with van der Waals surface area (Å²) in [5.41, 5.74) is -0.153. The van der Waals surface area contributed by atoms with Crippen LogP contribution in [0.3, 0.4) is 0 Å². The zero-order valence-electron chi connectivity index (χ0n) is 13.6. The Bertz CT molecular complexity index is 842. The van der Waals surface area contributed by atoms with Gasteiger partial charge >= 0.3 is 0 Å². The molecule has 0 radical (unpaired) electrons. The maximum atomic E-state index is 11.9. The van der Waals surface area contributed by atoms with Crippen molar-refractivity contribution in [1.82, 2.24) is 5.32 Å². The van der Waals surface area contributed by atoms with Gasteiger partial charge in [-0.25, -0.2) is 0 Å². The molecule has 0 bridgehead atoms. The number of hydrogen-bond donors (Lipinski definition) is 3. The molecule has 2 rings (SSSR count). The molecule has 0 fully saturated rings. The molecule has 0 saturated carbocycles. The van der Waals surface area contributed by atoms with E-state index in [1.54, 1.807) is 24.3 Å². The van der Waals surface area contributed by atoms with Crippen LogP contribution in [0, 0.1) is 10.1 Å². The van der Waals surface area contributed by atoms with E-state index in [2.05, 4.69) is 10.6 Å². The number of nitro benzene ring substituents is 1. The molecule has 0 spiro atoms. The quantitative estimate of drug-likeness (QED) is 0.303. The number of phenols is 1. The van der Waals surface area contributed by atoms with Gasteiger partial charge in [-0.2, -0.15) is 0 Å². The number of hydrogen-bond acceptors (Lipinski definition) is 7. The number of rotatable bonds is 6. The summed E-state index contributed by atoms with van der Waals surface area (Å²) in [5, 5.41) is 25.2. The molecule has 3 N–H and O–H groups in total. The summed E-state index contributed by atoms with van der Waals surface area (Å²) in [6, 6.07) is 10.3. The van der Waals surface area contributed by atoms with E-state index in [0.29, 0.717) is 11.5 Å². The summed E-state index contributed by atoms with van der Waals surface area (Å²) in [7, 11) is 1.48. The third-order valence-electron chi connectivity index (χ3n) is 3.12. The number of aromatic hydroxyl groups is 1. The molecule has 10 heteroatoms. The average Bonchev–Trinajstić information content (AvgIpc) is 2.61. The molecule has 0 atom stereocenters. The Morgan fingerprint density at radius 1 is 1.27 bits per heavy atom. The molecule has 26 heavy (non-hydrogen) atoms. The molecule has 136 valence electrons. The number of benzene rings is 2. The van der Waals surface area contributed by atoms with Gasteiger partial charge in [0.15, 0.2) is 23.2 Å². The molecular formula is C16H15N3O6S. The highest BCUT2D eigenvalue weighted by Gasteiger charge is 2.13. The first-order chi connectivity index (χ1) is 12.4. The van der Waals surface area contributed by atoms with Crippen molar-refractivity contribution >= 4 is 34.6 Å². The summed E-state index contributed by atoms with van der Waals surface area (Å²) in [4.78, 5) is 21.9. The number of nitrogens with zero attached hydrogens (tertiary/aromatic N) is 1. The van der Waals surface area contributed by atoms with Crippen LogP contribution in [0.2, 0.25) is 0 Å². The van der Waals surface area contributed by atoms with Crippen molar-refractivity contribution in [1.29, 1.82) is 0 Å². The average molecular weight is 377 g/mol. The first kappa shape index (κ1) is 18.9. The van der Waals surface area contributed by atoms with Crippen LogP contribution in [-0.2, 0) is 4.79 Å². The number of amides is 1. The molecule has 0 aliphatic heterocycles. The normalized spacial score (nSPS) is 9.88. The van der Waals surface area contributed by atoms with Crippen molar-refractivity contribution in [3.8, 4) is 17.2 Å². The van der Waals surface area contributed by atoms with Gasteiger partial charge in [0.25, 0.3) is 11.6 Å². The lowest BCUT2D eigenvalue weighted by Crippen LogP contribution is -2.37. The molecule has 0 aliphatic carbocycles. The van der Waals surface area contributed by atoms with Crippen LogP contribution in [0.15, 0.2) is 42.5 Å². The third kappa shape index (κ3) is 5.05. The van der Waals surface area contributed by atoms with Crippen LogP contribution in [-0.4, -0.2) is 34.8 Å². The third-order valence-corrected chi connectivity index (χ3v) is 3.33. The van der Waals surface area contributed by atoms with Gasteiger partial charge in [0.2, 0.25) is 0 Å². The van der Waals surface area contributed by atoms with Gasteiger partial charge in [0.1, 0.15) is 5.75 Å². The number of carbonyl (C=O) groups excluding carboxylic acids is 1. The second-order valence-corrected chi connectivity index (χ2v) is 5.31. The Balaban J connectivity index is 1.89. The predicted molar refractivity (Wildman–Crippen MR) is 97.6 cm³/mol. The number of ether oxygens (including phenoxy) is 2. The molecule has 2 aromatic carbocycles. The van der Waals surface area contributed by atoms with E-state index in [1.165, 1.54) is 19.2 Å². The fourth-order valence-corrected chi connectivity index (χ4v) is 2.16. The minimum Gasteiger partial charge on any atom is -0.506 e. The Morgan fingerprint density at radius 2 is 1.96 bits per heavy atom. The lowest BCUT2D eigenvalue weighted by molar-refractivity contribution is -0.384. The summed E-state index contributed by atoms with van der Waals surface area (Å²) in [5.74, 6) is -0.0234. The van der Waals surface area contributed by atoms with E-state index >= 15 is 0 Å². The molecular weight excluding hydrogens is 362 g/mol. The van der Waals surface area contributed by atoms with Crippen molar-refractivity contribution in [3.05, 3.63) is 52.6 Å². The molecule has 1 amide bonds. The van der Waals surface area contributed by atoms with Gasteiger partial charge < -0.3 is 19.9 Å². The summed E-state index contributed by atoms with van der Waals surface area (Å²) < 4.78 is 10.5. The van der Waals surface area contributed by atoms with Crippen LogP contribution in [0.25, 0.3) is 0 Å². The Morgan fingerprint density at radius 3 is 2.58 bits per heavy atom. The van der Waals surface area contributed by atoms with Gasteiger partial charge in [0, 0.05) is 6.07 Å². The number of anilines is 1. The van der Waals surface area contributed by atoms with Crippen molar-refractivity contribution in [2.24, 2.45) is 0 Å². The Labute approximate surface area is 153 Å². The fraction of sp³-hybridized carbons (Fsp3) is 0.125. The van der Waals surface area contributed by atoms with Crippen LogP contribution in [0.1, 0.15) is 0 Å². The van der Waals surface area contributed by atoms with Crippen molar-refractivity contribution < 1.29 is 24.3 Å². The topological polar surface area (TPSA) is 123 Å². The second kappa shape index (κ2) is 8.62. The molecule has 0 aromatic heterocycles. The molecule has 9 nitrogen and oxygen atoms in total. The number of nitro groups is 1. The van der Waals surface area contributed by atoms with Crippen molar-refractivity contribution in [2.75, 3.05) is 19.0 Å². The number of nitrogens with one attached hydrogen (secondary N) is 2. The van der Waals surface area contributed by atoms with Gasteiger partial charge in [-0.3, -0.25) is 20.2 Å². The predicted octanol–water partition coefficient (Wildman–Crippen LogP) is 2.20. The zero-order valence-corrected chi connectivity index (χ0v) is 14.4. The van der Waals surface area contributed by atoms with Gasteiger partial charge in [-0.1, -0.05) is 12.1 Å². The fourth-order valence-electron chi connectivity index (χ4n) is 1.94. The maximum Gasteiger partial charge on any atom is 0.273 e. The number of para-hydroxylation sites is 2. The lowest BCUT2D eigenvalue weighted by Gasteiger charge is -2.12. The van der Waals surface area contributed by atoms with E-state index in [1.807, 2.05) is 0 Å². The molecule has 0 unspecified atom stereocenters. The standard InChI is InChI=1S/C16H15N3O6S/c1-24-13-4-2-3-5-14(13)25-9-15(21)18-16(26)17-11-7-6-10(19(22)23)8-12(11)20/h2-8,20H,9H2,1H3,(H2,17,18,21,26). The summed E-state index contributed by atoms with van der Waals surface area (Å²) >= 11 is 4.97. The van der Waals surface area contributed by atoms with Crippen LogP contribution in [0.5, 0.6) is 17.2 Å². The number of thiocarbonyl (C=S) groups is 1. The first-order valence-corrected chi connectivity index (χ1v) is 7.65. The van der Waals surface area contributed by atoms with Crippen molar-refractivity contribution in [2.45, 2.75) is 0 Å². The second-order valence-electron chi connectivity index (χ2n) is 4.90. The zero-order chi connectivity index (χ0) is 19.1. The highest BCUT2D eigenvalue weighted by Crippen LogP contribution is 2.28. The smallest absolute Gasteiger partial charge is 0.273 e. The largest absolute Gasteiger partial charge is 0.506 e. The van der Waals surface area contributed by atoms with E-state index in [0.717, 1.165) is 6.07 Å². The highest BCUT2D eigenvalue weighted by atomic mass is 32.1. The molecule has 0 heterocycles. The summed E-state index contributed by atoms with van der Waals surface area (Å²) in [6.45, 7) is -0.311. The molecule has 0 aliphatic rings. The van der Waals surface area contributed by atoms with Crippen molar-refractivity contribution in [3.63, 3.8) is 0 Å². The number of phenolic OH excluding ortho intramolecular Hbond substituents is 1. The number of non-ortho nitro benzene ring substituents is 1. The molecule has 0 saturated heterocycles. The monoisotopic (exact) mass is 377 g/mol. The number of methoxy groups -OCH3 is 1. The van der Waals surface area contributed by atoms with E-state index in [4.69, 9.17) is 21.7 Å².